The van der Waals surface area contributed by atoms with Crippen LogP contribution in [0.5, 0.6) is 0 Å². The fourth-order valence-electron chi connectivity index (χ4n) is 2.87. The lowest BCUT2D eigenvalue weighted by Crippen LogP contribution is -2.30. The molecule has 1 aromatic heterocycles. The molecule has 0 aliphatic heterocycles. The molecule has 1 amide bonds. The van der Waals surface area contributed by atoms with Gasteiger partial charge in [0.15, 0.2) is 0 Å². The monoisotopic (exact) mass is 320 g/mol. The zero-order chi connectivity index (χ0) is 16.9. The van der Waals surface area contributed by atoms with Crippen molar-refractivity contribution < 1.29 is 4.79 Å². The van der Waals surface area contributed by atoms with Crippen LogP contribution < -0.4 is 10.9 Å². The molecule has 0 aliphatic carbocycles. The minimum atomic E-state index is -0.257. The van der Waals surface area contributed by atoms with Crippen molar-refractivity contribution in [3.8, 4) is 0 Å². The van der Waals surface area contributed by atoms with Gasteiger partial charge in [-0.3, -0.25) is 9.59 Å². The first-order valence-corrected chi connectivity index (χ1v) is 8.14. The number of rotatable bonds is 5. The fourth-order valence-corrected chi connectivity index (χ4v) is 2.87. The van der Waals surface area contributed by atoms with Gasteiger partial charge in [-0.1, -0.05) is 55.5 Å². The minimum absolute atomic E-state index is 0.242. The van der Waals surface area contributed by atoms with Crippen molar-refractivity contribution in [3.05, 3.63) is 82.3 Å². The van der Waals surface area contributed by atoms with Crippen LogP contribution in [-0.4, -0.2) is 17.4 Å². The third kappa shape index (κ3) is 3.38. The number of aromatic nitrogens is 1. The summed E-state index contributed by atoms with van der Waals surface area (Å²) in [7, 11) is 0. The van der Waals surface area contributed by atoms with Gasteiger partial charge in [0.25, 0.3) is 11.5 Å². The van der Waals surface area contributed by atoms with Gasteiger partial charge < -0.3 is 10.3 Å². The van der Waals surface area contributed by atoms with Gasteiger partial charge in [0, 0.05) is 17.8 Å². The third-order valence-electron chi connectivity index (χ3n) is 4.27. The van der Waals surface area contributed by atoms with Crippen molar-refractivity contribution in [2.45, 2.75) is 19.3 Å². The van der Waals surface area contributed by atoms with Gasteiger partial charge in [0.2, 0.25) is 0 Å². The van der Waals surface area contributed by atoms with Crippen LogP contribution in [0.4, 0.5) is 0 Å². The topological polar surface area (TPSA) is 62.0 Å². The molecule has 24 heavy (non-hydrogen) atoms. The first-order chi connectivity index (χ1) is 11.7. The Balaban J connectivity index is 1.76. The van der Waals surface area contributed by atoms with Crippen molar-refractivity contribution in [1.82, 2.24) is 10.3 Å². The fraction of sp³-hybridized carbons (Fsp3) is 0.200. The average molecular weight is 320 g/mol. The summed E-state index contributed by atoms with van der Waals surface area (Å²) in [6.45, 7) is 2.63. The number of pyridine rings is 1. The molecular weight excluding hydrogens is 300 g/mol. The van der Waals surface area contributed by atoms with Gasteiger partial charge in [-0.25, -0.2) is 0 Å². The highest BCUT2D eigenvalue weighted by Gasteiger charge is 2.13. The number of H-pyrrole nitrogens is 1. The molecule has 1 heterocycles. The van der Waals surface area contributed by atoms with Gasteiger partial charge >= 0.3 is 0 Å². The van der Waals surface area contributed by atoms with Gasteiger partial charge in [0.1, 0.15) is 5.69 Å². The maximum Gasteiger partial charge on any atom is 0.267 e. The highest BCUT2D eigenvalue weighted by molar-refractivity contribution is 5.96. The van der Waals surface area contributed by atoms with Crippen molar-refractivity contribution in [3.63, 3.8) is 0 Å². The molecule has 4 nitrogen and oxygen atoms in total. The third-order valence-corrected chi connectivity index (χ3v) is 4.27. The van der Waals surface area contributed by atoms with Crippen molar-refractivity contribution >= 4 is 16.7 Å². The number of aromatic amines is 1. The van der Waals surface area contributed by atoms with Crippen LogP contribution in [0.25, 0.3) is 10.8 Å². The molecule has 1 atom stereocenters. The maximum atomic E-state index is 12.4. The molecule has 0 spiro atoms. The van der Waals surface area contributed by atoms with Crippen LogP contribution in [0.15, 0.2) is 65.5 Å². The summed E-state index contributed by atoms with van der Waals surface area (Å²) < 4.78 is 0. The van der Waals surface area contributed by atoms with E-state index in [4.69, 9.17) is 0 Å². The molecule has 2 N–H and O–H groups in total. The number of amides is 1. The Hall–Kier alpha value is -2.88. The molecule has 0 fully saturated rings. The Bertz CT molecular complexity index is 900. The molecule has 0 saturated heterocycles. The van der Waals surface area contributed by atoms with E-state index >= 15 is 0 Å². The zero-order valence-electron chi connectivity index (χ0n) is 13.6. The van der Waals surface area contributed by atoms with Crippen LogP contribution in [0, 0.1) is 0 Å². The summed E-state index contributed by atoms with van der Waals surface area (Å²) in [4.78, 5) is 27.2. The van der Waals surface area contributed by atoms with E-state index in [0.29, 0.717) is 17.6 Å². The first-order valence-electron chi connectivity index (χ1n) is 8.14. The second kappa shape index (κ2) is 7.13. The number of hydrogen-bond acceptors (Lipinski definition) is 2. The van der Waals surface area contributed by atoms with E-state index in [1.807, 2.05) is 36.4 Å². The second-order valence-electron chi connectivity index (χ2n) is 5.83. The highest BCUT2D eigenvalue weighted by atomic mass is 16.2. The number of benzene rings is 2. The Labute approximate surface area is 140 Å². The van der Waals surface area contributed by atoms with Crippen molar-refractivity contribution in [2.75, 3.05) is 6.54 Å². The zero-order valence-corrected chi connectivity index (χ0v) is 13.6. The van der Waals surface area contributed by atoms with Gasteiger partial charge in [-0.05, 0) is 29.5 Å². The molecule has 0 aliphatic rings. The lowest BCUT2D eigenvalue weighted by Gasteiger charge is -2.16. The molecule has 122 valence electrons. The summed E-state index contributed by atoms with van der Waals surface area (Å²) in [5.41, 5.74) is 1.25. The largest absolute Gasteiger partial charge is 0.350 e. The summed E-state index contributed by atoms with van der Waals surface area (Å²) in [6, 6.07) is 19.1. The van der Waals surface area contributed by atoms with Crippen molar-refractivity contribution in [2.24, 2.45) is 0 Å². The van der Waals surface area contributed by atoms with Crippen LogP contribution in [0.1, 0.15) is 35.3 Å². The molecule has 4 heteroatoms. The van der Waals surface area contributed by atoms with E-state index in [9.17, 15) is 9.59 Å². The maximum absolute atomic E-state index is 12.4. The molecule has 0 radical (unpaired) electrons. The van der Waals surface area contributed by atoms with E-state index in [2.05, 4.69) is 29.4 Å². The Morgan fingerprint density at radius 1 is 1.08 bits per heavy atom. The first kappa shape index (κ1) is 16.0. The van der Waals surface area contributed by atoms with Crippen LogP contribution in [0.3, 0.4) is 0 Å². The van der Waals surface area contributed by atoms with Gasteiger partial charge in [0.05, 0.1) is 0 Å². The van der Waals surface area contributed by atoms with E-state index in [1.54, 1.807) is 12.1 Å². The highest BCUT2D eigenvalue weighted by Crippen LogP contribution is 2.18. The minimum Gasteiger partial charge on any atom is -0.350 e. The van der Waals surface area contributed by atoms with Crippen molar-refractivity contribution in [1.29, 1.82) is 0 Å². The van der Waals surface area contributed by atoms with E-state index in [1.165, 1.54) is 5.56 Å². The van der Waals surface area contributed by atoms with E-state index in [-0.39, 0.29) is 17.4 Å². The number of carbonyl (C=O) groups is 1. The molecule has 0 unspecified atom stereocenters. The van der Waals surface area contributed by atoms with E-state index < -0.39 is 0 Å². The molecule has 2 aromatic carbocycles. The molecule has 3 aromatic rings. The predicted octanol–water partition coefficient (Wildman–Crippen LogP) is 3.45. The molecule has 0 bridgehead atoms. The van der Waals surface area contributed by atoms with E-state index in [0.717, 1.165) is 11.8 Å². The molecule has 0 saturated carbocycles. The standard InChI is InChI=1S/C20H20N2O2/c1-2-14(15-8-4-3-5-9-15)13-21-20(24)18-12-16-10-6-7-11-17(16)19(23)22-18/h3-12,14H,2,13H2,1H3,(H,21,24)(H,22,23)/t14-/m0/s1. The Morgan fingerprint density at radius 3 is 2.54 bits per heavy atom. The normalized spacial score (nSPS) is 12.0. The Kier molecular flexibility index (Phi) is 4.75. The predicted molar refractivity (Wildman–Crippen MR) is 96.4 cm³/mol. The van der Waals surface area contributed by atoms with Crippen LogP contribution in [-0.2, 0) is 0 Å². The molecular formula is C20H20N2O2. The van der Waals surface area contributed by atoms with Gasteiger partial charge in [-0.2, -0.15) is 0 Å². The SMILES string of the molecule is CC[C@@H](CNC(=O)c1cc2ccccc2c(=O)[nH]1)c1ccccc1. The second-order valence-corrected chi connectivity index (χ2v) is 5.83. The smallest absolute Gasteiger partial charge is 0.267 e. The number of fused-ring (bicyclic) bond motifs is 1. The summed E-state index contributed by atoms with van der Waals surface area (Å²) in [5, 5.41) is 4.28. The summed E-state index contributed by atoms with van der Waals surface area (Å²) >= 11 is 0. The quantitative estimate of drug-likeness (QED) is 0.756. The number of carbonyl (C=O) groups excluding carboxylic acids is 1. The number of nitrogens with one attached hydrogen (secondary N) is 2. The summed E-state index contributed by atoms with van der Waals surface area (Å²) in [5.74, 6) is -0.00503. The van der Waals surface area contributed by atoms with Gasteiger partial charge in [-0.15, -0.1) is 0 Å². The average Bonchev–Trinajstić information content (AvgIpc) is 2.63. The Morgan fingerprint density at radius 2 is 1.79 bits per heavy atom. The number of hydrogen-bond donors (Lipinski definition) is 2. The van der Waals surface area contributed by atoms with Crippen LogP contribution in [0.2, 0.25) is 0 Å². The lowest BCUT2D eigenvalue weighted by atomic mass is 9.96. The molecule has 3 rings (SSSR count). The summed E-state index contributed by atoms with van der Waals surface area (Å²) in [6.07, 6.45) is 0.929. The lowest BCUT2D eigenvalue weighted by molar-refractivity contribution is 0.0946. The van der Waals surface area contributed by atoms with Crippen LogP contribution >= 0.6 is 0 Å².